The number of carbonyl (C=O) groups is 1. The van der Waals surface area contributed by atoms with Crippen molar-refractivity contribution in [3.63, 3.8) is 0 Å². The number of carbonyl (C=O) groups excluding carboxylic acids is 1. The molecule has 2 rings (SSSR count). The fourth-order valence-corrected chi connectivity index (χ4v) is 1.86. The van der Waals surface area contributed by atoms with E-state index in [-0.39, 0.29) is 11.9 Å². The van der Waals surface area contributed by atoms with Gasteiger partial charge >= 0.3 is 0 Å². The second kappa shape index (κ2) is 3.74. The molecular formula is C9H11BrN2O2. The summed E-state index contributed by atoms with van der Waals surface area (Å²) in [5.74, 6) is 0.287. The number of hydrogen-bond acceptors (Lipinski definition) is 3. The molecule has 0 aromatic carbocycles. The van der Waals surface area contributed by atoms with Crippen LogP contribution in [-0.4, -0.2) is 29.9 Å². The molecule has 1 amide bonds. The quantitative estimate of drug-likeness (QED) is 0.824. The van der Waals surface area contributed by atoms with Crippen LogP contribution in [0.2, 0.25) is 0 Å². The van der Waals surface area contributed by atoms with Crippen LogP contribution in [0.15, 0.2) is 21.2 Å². The third-order valence-corrected chi connectivity index (χ3v) is 2.72. The van der Waals surface area contributed by atoms with Gasteiger partial charge in [-0.25, -0.2) is 0 Å². The van der Waals surface area contributed by atoms with E-state index in [0.29, 0.717) is 17.0 Å². The first-order chi connectivity index (χ1) is 6.66. The number of nitrogens with two attached hydrogens (primary N) is 1. The van der Waals surface area contributed by atoms with Crippen LogP contribution in [-0.2, 0) is 0 Å². The monoisotopic (exact) mass is 258 g/mol. The zero-order valence-electron chi connectivity index (χ0n) is 7.57. The topological polar surface area (TPSA) is 59.5 Å². The first-order valence-electron chi connectivity index (χ1n) is 4.47. The van der Waals surface area contributed by atoms with E-state index in [2.05, 4.69) is 15.9 Å². The van der Waals surface area contributed by atoms with E-state index in [1.807, 2.05) is 0 Å². The van der Waals surface area contributed by atoms with Crippen molar-refractivity contribution in [1.82, 2.24) is 4.90 Å². The average Bonchev–Trinajstić information content (AvgIpc) is 2.73. The Hall–Kier alpha value is -0.810. The molecule has 0 bridgehead atoms. The lowest BCUT2D eigenvalue weighted by molar-refractivity contribution is 0.0758. The highest BCUT2D eigenvalue weighted by molar-refractivity contribution is 9.10. The Balaban J connectivity index is 2.09. The molecule has 0 radical (unpaired) electrons. The summed E-state index contributed by atoms with van der Waals surface area (Å²) in [6, 6.07) is 3.48. The number of nitrogens with zero attached hydrogens (tertiary/aromatic N) is 1. The lowest BCUT2D eigenvalue weighted by Crippen LogP contribution is -2.31. The minimum Gasteiger partial charge on any atom is -0.444 e. The van der Waals surface area contributed by atoms with Gasteiger partial charge in [-0.3, -0.25) is 4.79 Å². The fourth-order valence-electron chi connectivity index (χ4n) is 1.56. The van der Waals surface area contributed by atoms with Crippen molar-refractivity contribution in [3.8, 4) is 0 Å². The Morgan fingerprint density at radius 2 is 2.43 bits per heavy atom. The molecule has 5 heteroatoms. The lowest BCUT2D eigenvalue weighted by Gasteiger charge is -2.13. The maximum absolute atomic E-state index is 11.8. The molecule has 1 aliphatic heterocycles. The van der Waals surface area contributed by atoms with Crippen LogP contribution in [0.1, 0.15) is 17.0 Å². The normalized spacial score (nSPS) is 21.6. The van der Waals surface area contributed by atoms with Gasteiger partial charge in [-0.1, -0.05) is 0 Å². The van der Waals surface area contributed by atoms with Gasteiger partial charge in [0, 0.05) is 19.1 Å². The lowest BCUT2D eigenvalue weighted by atomic mass is 10.3. The zero-order valence-corrected chi connectivity index (χ0v) is 9.16. The van der Waals surface area contributed by atoms with Gasteiger partial charge in [0.15, 0.2) is 10.4 Å². The molecule has 2 N–H and O–H groups in total. The van der Waals surface area contributed by atoms with Crippen molar-refractivity contribution < 1.29 is 9.21 Å². The number of rotatable bonds is 1. The molecule has 0 saturated carbocycles. The van der Waals surface area contributed by atoms with Gasteiger partial charge in [0.05, 0.1) is 0 Å². The van der Waals surface area contributed by atoms with Crippen molar-refractivity contribution in [2.45, 2.75) is 12.5 Å². The molecular weight excluding hydrogens is 248 g/mol. The number of furan rings is 1. The summed E-state index contributed by atoms with van der Waals surface area (Å²) < 4.78 is 5.75. The first kappa shape index (κ1) is 9.73. The highest BCUT2D eigenvalue weighted by Crippen LogP contribution is 2.17. The van der Waals surface area contributed by atoms with Gasteiger partial charge in [0.1, 0.15) is 0 Å². The third-order valence-electron chi connectivity index (χ3n) is 2.30. The second-order valence-corrected chi connectivity index (χ2v) is 4.19. The molecule has 1 aromatic heterocycles. The molecule has 4 nitrogen and oxygen atoms in total. The molecule has 1 fully saturated rings. The van der Waals surface area contributed by atoms with Crippen LogP contribution in [0.3, 0.4) is 0 Å². The molecule has 1 aliphatic rings. The van der Waals surface area contributed by atoms with Gasteiger partial charge < -0.3 is 15.1 Å². The van der Waals surface area contributed by atoms with Crippen LogP contribution < -0.4 is 5.73 Å². The van der Waals surface area contributed by atoms with E-state index in [4.69, 9.17) is 10.2 Å². The Kier molecular flexibility index (Phi) is 2.60. The zero-order chi connectivity index (χ0) is 10.1. The smallest absolute Gasteiger partial charge is 0.289 e. The number of amides is 1. The number of halogens is 1. The van der Waals surface area contributed by atoms with Crippen LogP contribution in [0.25, 0.3) is 0 Å². The number of likely N-dealkylation sites (tertiary alicyclic amines) is 1. The molecule has 0 aliphatic carbocycles. The Labute approximate surface area is 90.2 Å². The summed E-state index contributed by atoms with van der Waals surface area (Å²) in [6.07, 6.45) is 0.869. The van der Waals surface area contributed by atoms with Crippen molar-refractivity contribution in [3.05, 3.63) is 22.6 Å². The van der Waals surface area contributed by atoms with Gasteiger partial charge in [-0.2, -0.15) is 0 Å². The van der Waals surface area contributed by atoms with E-state index in [1.54, 1.807) is 17.0 Å². The van der Waals surface area contributed by atoms with Gasteiger partial charge in [-0.15, -0.1) is 0 Å². The SMILES string of the molecule is N[C@H]1CCN(C(=O)c2ccc(Br)o2)C1. The minimum atomic E-state index is -0.0800. The van der Waals surface area contributed by atoms with Crippen LogP contribution >= 0.6 is 15.9 Å². The first-order valence-corrected chi connectivity index (χ1v) is 5.26. The van der Waals surface area contributed by atoms with E-state index < -0.39 is 0 Å². The molecule has 1 saturated heterocycles. The summed E-state index contributed by atoms with van der Waals surface area (Å²) in [5.41, 5.74) is 5.71. The van der Waals surface area contributed by atoms with Crippen LogP contribution in [0.4, 0.5) is 0 Å². The van der Waals surface area contributed by atoms with Crippen molar-refractivity contribution in [2.24, 2.45) is 5.73 Å². The highest BCUT2D eigenvalue weighted by atomic mass is 79.9. The Morgan fingerprint density at radius 1 is 1.64 bits per heavy atom. The molecule has 2 heterocycles. The molecule has 14 heavy (non-hydrogen) atoms. The summed E-state index contributed by atoms with van der Waals surface area (Å²) in [5, 5.41) is 0. The predicted octanol–water partition coefficient (Wildman–Crippen LogP) is 1.22. The van der Waals surface area contributed by atoms with Gasteiger partial charge in [0.25, 0.3) is 5.91 Å². The van der Waals surface area contributed by atoms with Crippen LogP contribution in [0, 0.1) is 0 Å². The van der Waals surface area contributed by atoms with Crippen molar-refractivity contribution in [1.29, 1.82) is 0 Å². The summed E-state index contributed by atoms with van der Waals surface area (Å²) in [4.78, 5) is 13.5. The molecule has 0 spiro atoms. The number of hydrogen-bond donors (Lipinski definition) is 1. The third kappa shape index (κ3) is 1.83. The van der Waals surface area contributed by atoms with Crippen molar-refractivity contribution in [2.75, 3.05) is 13.1 Å². The van der Waals surface area contributed by atoms with Gasteiger partial charge in [0.2, 0.25) is 0 Å². The maximum atomic E-state index is 11.8. The Morgan fingerprint density at radius 3 is 2.93 bits per heavy atom. The summed E-state index contributed by atoms with van der Waals surface area (Å²) >= 11 is 3.16. The molecule has 1 aromatic rings. The molecule has 0 unspecified atom stereocenters. The molecule has 76 valence electrons. The van der Waals surface area contributed by atoms with E-state index in [1.165, 1.54) is 0 Å². The van der Waals surface area contributed by atoms with Crippen molar-refractivity contribution >= 4 is 21.8 Å². The van der Waals surface area contributed by atoms with E-state index in [0.717, 1.165) is 13.0 Å². The largest absolute Gasteiger partial charge is 0.444 e. The van der Waals surface area contributed by atoms with E-state index in [9.17, 15) is 4.79 Å². The average molecular weight is 259 g/mol. The highest BCUT2D eigenvalue weighted by Gasteiger charge is 2.26. The standard InChI is InChI=1S/C9H11BrN2O2/c10-8-2-1-7(14-8)9(13)12-4-3-6(11)5-12/h1-2,6H,3-5,11H2/t6-/m0/s1. The fraction of sp³-hybridized carbons (Fsp3) is 0.444. The second-order valence-electron chi connectivity index (χ2n) is 3.40. The van der Waals surface area contributed by atoms with Crippen LogP contribution in [0.5, 0.6) is 0 Å². The predicted molar refractivity (Wildman–Crippen MR) is 54.9 cm³/mol. The van der Waals surface area contributed by atoms with Gasteiger partial charge in [-0.05, 0) is 34.5 Å². The Bertz CT molecular complexity index is 350. The maximum Gasteiger partial charge on any atom is 0.289 e. The summed E-state index contributed by atoms with van der Waals surface area (Å²) in [6.45, 7) is 1.34. The summed E-state index contributed by atoms with van der Waals surface area (Å²) in [7, 11) is 0. The minimum absolute atomic E-state index is 0.0800. The van der Waals surface area contributed by atoms with E-state index >= 15 is 0 Å². The molecule has 1 atom stereocenters.